The summed E-state index contributed by atoms with van der Waals surface area (Å²) in [6.07, 6.45) is 1.70. The molecule has 0 radical (unpaired) electrons. The van der Waals surface area contributed by atoms with E-state index in [-0.39, 0.29) is 12.7 Å². The van der Waals surface area contributed by atoms with Crippen molar-refractivity contribution < 1.29 is 23.7 Å². The lowest BCUT2D eigenvalue weighted by molar-refractivity contribution is 0.174. The highest BCUT2D eigenvalue weighted by Gasteiger charge is 2.34. The molecule has 5 nitrogen and oxygen atoms in total. The first-order chi connectivity index (χ1) is 13.2. The Morgan fingerprint density at radius 1 is 0.889 bits per heavy atom. The minimum atomic E-state index is 0.188. The Bertz CT molecular complexity index is 850. The van der Waals surface area contributed by atoms with Crippen molar-refractivity contribution in [3.8, 4) is 23.0 Å². The lowest BCUT2D eigenvalue weighted by Gasteiger charge is -2.18. The van der Waals surface area contributed by atoms with Crippen LogP contribution in [-0.4, -0.2) is 32.7 Å². The fourth-order valence-corrected chi connectivity index (χ4v) is 4.03. The van der Waals surface area contributed by atoms with Crippen LogP contribution >= 0.6 is 12.2 Å². The summed E-state index contributed by atoms with van der Waals surface area (Å²) >= 11 is 5.50. The fraction of sp³-hybridized carbons (Fsp3) is 0.381. The average Bonchev–Trinajstić information content (AvgIpc) is 3.29. The molecule has 0 unspecified atom stereocenters. The summed E-state index contributed by atoms with van der Waals surface area (Å²) < 4.78 is 27.4. The predicted octanol–water partition coefficient (Wildman–Crippen LogP) is 3.81. The lowest BCUT2D eigenvalue weighted by atomic mass is 9.85. The average molecular weight is 386 g/mol. The predicted molar refractivity (Wildman–Crippen MR) is 105 cm³/mol. The molecule has 6 heteroatoms. The summed E-state index contributed by atoms with van der Waals surface area (Å²) in [4.78, 5) is 0. The molecule has 142 valence electrons. The van der Waals surface area contributed by atoms with Gasteiger partial charge in [-0.05, 0) is 60.5 Å². The molecule has 0 aliphatic carbocycles. The second kappa shape index (κ2) is 7.64. The first-order valence-electron chi connectivity index (χ1n) is 8.94. The number of hydrogen-bond donors (Lipinski definition) is 0. The molecule has 2 aromatic carbocycles. The highest BCUT2D eigenvalue weighted by atomic mass is 32.1. The first-order valence-corrected chi connectivity index (χ1v) is 9.35. The maximum atomic E-state index is 5.74. The SMILES string of the molecule is COc1ccc(C[C@H]2COC(=S)[C@@H]2Cc2ccc3c(c2)OCO3)cc1OC. The van der Waals surface area contributed by atoms with Gasteiger partial charge in [0.15, 0.2) is 28.0 Å². The maximum absolute atomic E-state index is 5.74. The Kier molecular flexibility index (Phi) is 5.07. The van der Waals surface area contributed by atoms with Crippen LogP contribution in [0.5, 0.6) is 23.0 Å². The van der Waals surface area contributed by atoms with Crippen molar-refractivity contribution in [2.45, 2.75) is 12.8 Å². The standard InChI is InChI=1S/C21H22O5S/c1-22-17-5-3-13(9-19(17)23-2)7-15-11-24-21(27)16(15)8-14-4-6-18-20(10-14)26-12-25-18/h3-6,9-10,15-16H,7-8,11-12H2,1-2H3/t15-,16+/m0/s1. The van der Waals surface area contributed by atoms with E-state index in [0.717, 1.165) is 35.8 Å². The molecule has 2 aliphatic rings. The minimum absolute atomic E-state index is 0.188. The molecular formula is C21H22O5S. The van der Waals surface area contributed by atoms with Crippen molar-refractivity contribution in [3.63, 3.8) is 0 Å². The maximum Gasteiger partial charge on any atom is 0.231 e. The molecule has 0 amide bonds. The number of methoxy groups -OCH3 is 2. The van der Waals surface area contributed by atoms with Crippen molar-refractivity contribution in [2.75, 3.05) is 27.6 Å². The second-order valence-corrected chi connectivity index (χ2v) is 7.18. The van der Waals surface area contributed by atoms with Gasteiger partial charge in [0.1, 0.15) is 0 Å². The van der Waals surface area contributed by atoms with Crippen LogP contribution in [0, 0.1) is 11.8 Å². The van der Waals surface area contributed by atoms with Crippen LogP contribution in [-0.2, 0) is 17.6 Å². The monoisotopic (exact) mass is 386 g/mol. The molecule has 2 atom stereocenters. The molecule has 0 saturated carbocycles. The molecular weight excluding hydrogens is 364 g/mol. The lowest BCUT2D eigenvalue weighted by Crippen LogP contribution is -2.19. The van der Waals surface area contributed by atoms with E-state index < -0.39 is 0 Å². The molecule has 0 spiro atoms. The van der Waals surface area contributed by atoms with E-state index in [1.54, 1.807) is 14.2 Å². The van der Waals surface area contributed by atoms with E-state index in [1.807, 2.05) is 24.3 Å². The molecule has 4 rings (SSSR count). The Balaban J connectivity index is 1.50. The van der Waals surface area contributed by atoms with Gasteiger partial charge in [0.25, 0.3) is 0 Å². The largest absolute Gasteiger partial charge is 0.493 e. The number of thiocarbonyl (C=S) groups is 1. The number of hydrogen-bond acceptors (Lipinski definition) is 6. The molecule has 1 saturated heterocycles. The fourth-order valence-electron chi connectivity index (χ4n) is 3.69. The van der Waals surface area contributed by atoms with Gasteiger partial charge in [-0.25, -0.2) is 0 Å². The number of ether oxygens (including phenoxy) is 5. The van der Waals surface area contributed by atoms with Gasteiger partial charge >= 0.3 is 0 Å². The van der Waals surface area contributed by atoms with Crippen LogP contribution in [0.15, 0.2) is 36.4 Å². The van der Waals surface area contributed by atoms with Gasteiger partial charge in [0, 0.05) is 11.8 Å². The van der Waals surface area contributed by atoms with E-state index >= 15 is 0 Å². The van der Waals surface area contributed by atoms with Crippen LogP contribution in [0.25, 0.3) is 0 Å². The Morgan fingerprint density at radius 2 is 1.63 bits per heavy atom. The van der Waals surface area contributed by atoms with E-state index in [2.05, 4.69) is 12.1 Å². The van der Waals surface area contributed by atoms with Crippen LogP contribution in [0.1, 0.15) is 11.1 Å². The Labute approximate surface area is 164 Å². The molecule has 2 aliphatic heterocycles. The van der Waals surface area contributed by atoms with E-state index in [1.165, 1.54) is 11.1 Å². The van der Waals surface area contributed by atoms with E-state index in [0.29, 0.717) is 17.6 Å². The summed E-state index contributed by atoms with van der Waals surface area (Å²) in [5.74, 6) is 3.58. The number of fused-ring (bicyclic) bond motifs is 1. The molecule has 2 heterocycles. The van der Waals surface area contributed by atoms with Gasteiger partial charge in [0.2, 0.25) is 6.79 Å². The van der Waals surface area contributed by atoms with Crippen LogP contribution in [0.4, 0.5) is 0 Å². The molecule has 1 fully saturated rings. The van der Waals surface area contributed by atoms with Gasteiger partial charge in [-0.3, -0.25) is 0 Å². The van der Waals surface area contributed by atoms with Crippen LogP contribution < -0.4 is 18.9 Å². The Hall–Kier alpha value is -2.47. The third-order valence-electron chi connectivity index (χ3n) is 5.15. The summed E-state index contributed by atoms with van der Waals surface area (Å²) in [6.45, 7) is 0.925. The highest BCUT2D eigenvalue weighted by Crippen LogP contribution is 2.36. The van der Waals surface area contributed by atoms with Crippen molar-refractivity contribution in [1.82, 2.24) is 0 Å². The number of benzene rings is 2. The molecule has 27 heavy (non-hydrogen) atoms. The van der Waals surface area contributed by atoms with Gasteiger partial charge in [-0.1, -0.05) is 12.1 Å². The zero-order chi connectivity index (χ0) is 18.8. The van der Waals surface area contributed by atoms with Gasteiger partial charge < -0.3 is 23.7 Å². The van der Waals surface area contributed by atoms with Crippen molar-refractivity contribution in [2.24, 2.45) is 11.8 Å². The summed E-state index contributed by atoms with van der Waals surface area (Å²) in [6, 6.07) is 12.1. The van der Waals surface area contributed by atoms with Crippen LogP contribution in [0.3, 0.4) is 0 Å². The summed E-state index contributed by atoms with van der Waals surface area (Å²) in [5.41, 5.74) is 2.36. The van der Waals surface area contributed by atoms with Gasteiger partial charge in [-0.15, -0.1) is 0 Å². The normalized spacial score (nSPS) is 20.4. The topological polar surface area (TPSA) is 46.2 Å². The van der Waals surface area contributed by atoms with Crippen LogP contribution in [0.2, 0.25) is 0 Å². The van der Waals surface area contributed by atoms with Crippen molar-refractivity contribution in [1.29, 1.82) is 0 Å². The Morgan fingerprint density at radius 3 is 2.44 bits per heavy atom. The zero-order valence-electron chi connectivity index (χ0n) is 15.4. The highest BCUT2D eigenvalue weighted by molar-refractivity contribution is 7.80. The van der Waals surface area contributed by atoms with Crippen molar-refractivity contribution in [3.05, 3.63) is 47.5 Å². The van der Waals surface area contributed by atoms with E-state index in [9.17, 15) is 0 Å². The van der Waals surface area contributed by atoms with Gasteiger partial charge in [-0.2, -0.15) is 0 Å². The molecule has 2 aromatic rings. The van der Waals surface area contributed by atoms with E-state index in [4.69, 9.17) is 35.9 Å². The summed E-state index contributed by atoms with van der Waals surface area (Å²) in [5, 5.41) is 0.693. The molecule has 0 N–H and O–H groups in total. The minimum Gasteiger partial charge on any atom is -0.493 e. The quantitative estimate of drug-likeness (QED) is 0.704. The molecule has 0 aromatic heterocycles. The third-order valence-corrected chi connectivity index (χ3v) is 5.57. The smallest absolute Gasteiger partial charge is 0.231 e. The number of rotatable bonds is 6. The first kappa shape index (κ1) is 17.9. The van der Waals surface area contributed by atoms with Gasteiger partial charge in [0.05, 0.1) is 20.8 Å². The second-order valence-electron chi connectivity index (χ2n) is 6.78. The summed E-state index contributed by atoms with van der Waals surface area (Å²) in [7, 11) is 3.29. The molecule has 0 bridgehead atoms. The van der Waals surface area contributed by atoms with Crippen molar-refractivity contribution >= 4 is 17.3 Å². The zero-order valence-corrected chi connectivity index (χ0v) is 16.2. The third kappa shape index (κ3) is 3.67.